The molecule has 0 heterocycles. The fourth-order valence-corrected chi connectivity index (χ4v) is 4.98. The standard InChI is InChI=1S/C33H58O5/c1-2-3-4-5-6-7-8-9-10-11-12-13-14-15-19-25-32(35)37-28-31(27-34)29-38-33(36)26-21-20-24-30-22-17-16-18-23-30/h6-7,9-10,30-31,34H,2-5,8,11-29H2,1H3/b7-6-,10-9-. The Kier molecular flexibility index (Phi) is 23.2. The normalized spacial score (nSPS) is 15.3. The molecule has 0 amide bonds. The van der Waals surface area contributed by atoms with E-state index in [4.69, 9.17) is 9.47 Å². The lowest BCUT2D eigenvalue weighted by atomic mass is 9.86. The topological polar surface area (TPSA) is 72.8 Å². The van der Waals surface area contributed by atoms with Crippen LogP contribution in [0.25, 0.3) is 0 Å². The first-order valence-corrected chi connectivity index (χ1v) is 15.9. The summed E-state index contributed by atoms with van der Waals surface area (Å²) >= 11 is 0. The number of rotatable bonds is 24. The molecule has 1 N–H and O–H groups in total. The molecule has 5 nitrogen and oxygen atoms in total. The number of hydrogen-bond donors (Lipinski definition) is 1. The fraction of sp³-hybridized carbons (Fsp3) is 0.818. The van der Waals surface area contributed by atoms with Gasteiger partial charge in [-0.25, -0.2) is 0 Å². The summed E-state index contributed by atoms with van der Waals surface area (Å²) in [5.41, 5.74) is 0. The maximum Gasteiger partial charge on any atom is 0.305 e. The van der Waals surface area contributed by atoms with Crippen LogP contribution in [0.15, 0.2) is 24.3 Å². The van der Waals surface area contributed by atoms with Gasteiger partial charge in [-0.3, -0.25) is 9.59 Å². The Balaban J connectivity index is 1.93. The highest BCUT2D eigenvalue weighted by molar-refractivity contribution is 5.69. The van der Waals surface area contributed by atoms with Gasteiger partial charge >= 0.3 is 11.9 Å². The quantitative estimate of drug-likeness (QED) is 0.0762. The third-order valence-electron chi connectivity index (χ3n) is 7.52. The predicted octanol–water partition coefficient (Wildman–Crippen LogP) is 8.64. The maximum atomic E-state index is 12.0. The number of unbranched alkanes of at least 4 members (excludes halogenated alkanes) is 9. The summed E-state index contributed by atoms with van der Waals surface area (Å²) < 4.78 is 10.6. The molecule has 5 heteroatoms. The first-order chi connectivity index (χ1) is 18.7. The summed E-state index contributed by atoms with van der Waals surface area (Å²) in [5.74, 6) is 0.0412. The molecule has 0 spiro atoms. The van der Waals surface area contributed by atoms with Gasteiger partial charge in [-0.2, -0.15) is 0 Å². The van der Waals surface area contributed by atoms with Gasteiger partial charge in [0.1, 0.15) is 0 Å². The minimum absolute atomic E-state index is 0.102. The minimum atomic E-state index is -0.352. The molecule has 0 radical (unpaired) electrons. The van der Waals surface area contributed by atoms with Crippen molar-refractivity contribution in [2.24, 2.45) is 11.8 Å². The molecule has 0 bridgehead atoms. The highest BCUT2D eigenvalue weighted by Crippen LogP contribution is 2.27. The number of carbonyl (C=O) groups is 2. The molecule has 0 saturated heterocycles. The van der Waals surface area contributed by atoms with E-state index in [9.17, 15) is 14.7 Å². The van der Waals surface area contributed by atoms with Crippen LogP contribution < -0.4 is 0 Å². The third kappa shape index (κ3) is 21.3. The number of hydrogen-bond acceptors (Lipinski definition) is 5. The number of aliphatic hydroxyl groups is 1. The average molecular weight is 535 g/mol. The van der Waals surface area contributed by atoms with Crippen LogP contribution in [0, 0.1) is 11.8 Å². The van der Waals surface area contributed by atoms with Crippen molar-refractivity contribution in [2.45, 2.75) is 142 Å². The number of allylic oxidation sites excluding steroid dienone is 4. The molecule has 1 atom stereocenters. The average Bonchev–Trinajstić information content (AvgIpc) is 2.94. The molecule has 0 aliphatic heterocycles. The lowest BCUT2D eigenvalue weighted by molar-refractivity contribution is -0.149. The van der Waals surface area contributed by atoms with Crippen LogP contribution in [-0.2, 0) is 19.1 Å². The third-order valence-corrected chi connectivity index (χ3v) is 7.52. The van der Waals surface area contributed by atoms with E-state index >= 15 is 0 Å². The largest absolute Gasteiger partial charge is 0.465 e. The second-order valence-corrected chi connectivity index (χ2v) is 11.1. The Morgan fingerprint density at radius 2 is 1.29 bits per heavy atom. The van der Waals surface area contributed by atoms with E-state index in [1.165, 1.54) is 77.0 Å². The Hall–Kier alpha value is -1.62. The smallest absolute Gasteiger partial charge is 0.305 e. The van der Waals surface area contributed by atoms with Crippen LogP contribution >= 0.6 is 0 Å². The van der Waals surface area contributed by atoms with Crippen molar-refractivity contribution in [3.05, 3.63) is 24.3 Å². The molecule has 220 valence electrons. The van der Waals surface area contributed by atoms with Gasteiger partial charge in [0.05, 0.1) is 25.7 Å². The Morgan fingerprint density at radius 1 is 0.737 bits per heavy atom. The van der Waals surface area contributed by atoms with Crippen LogP contribution in [0.2, 0.25) is 0 Å². The van der Waals surface area contributed by atoms with Crippen LogP contribution in [0.3, 0.4) is 0 Å². The van der Waals surface area contributed by atoms with Gasteiger partial charge in [-0.1, -0.05) is 108 Å². The zero-order chi connectivity index (χ0) is 27.5. The number of aliphatic hydroxyl groups excluding tert-OH is 1. The van der Waals surface area contributed by atoms with Crippen molar-refractivity contribution in [3.63, 3.8) is 0 Å². The monoisotopic (exact) mass is 534 g/mol. The van der Waals surface area contributed by atoms with E-state index in [2.05, 4.69) is 31.2 Å². The summed E-state index contributed by atoms with van der Waals surface area (Å²) in [4.78, 5) is 24.0. The number of ether oxygens (including phenoxy) is 2. The molecule has 1 saturated carbocycles. The van der Waals surface area contributed by atoms with E-state index < -0.39 is 0 Å². The van der Waals surface area contributed by atoms with Crippen LogP contribution in [-0.4, -0.2) is 36.9 Å². The highest BCUT2D eigenvalue weighted by Gasteiger charge is 2.15. The van der Waals surface area contributed by atoms with Crippen molar-refractivity contribution in [2.75, 3.05) is 19.8 Å². The Bertz CT molecular complexity index is 621. The summed E-state index contributed by atoms with van der Waals surface area (Å²) in [5, 5.41) is 9.54. The van der Waals surface area contributed by atoms with Gasteiger partial charge in [0.15, 0.2) is 0 Å². The molecule has 1 fully saturated rings. The van der Waals surface area contributed by atoms with Crippen molar-refractivity contribution in [1.82, 2.24) is 0 Å². The molecule has 1 rings (SSSR count). The Labute approximate surface area is 233 Å². The molecule has 1 aliphatic carbocycles. The van der Waals surface area contributed by atoms with Crippen LogP contribution in [0.1, 0.15) is 142 Å². The second-order valence-electron chi connectivity index (χ2n) is 11.1. The lowest BCUT2D eigenvalue weighted by Gasteiger charge is -2.21. The van der Waals surface area contributed by atoms with E-state index in [1.807, 2.05) is 0 Å². The van der Waals surface area contributed by atoms with E-state index in [0.717, 1.165) is 50.9 Å². The lowest BCUT2D eigenvalue weighted by Crippen LogP contribution is -2.23. The van der Waals surface area contributed by atoms with E-state index in [0.29, 0.717) is 12.8 Å². The zero-order valence-corrected chi connectivity index (χ0v) is 24.5. The van der Waals surface area contributed by atoms with Crippen molar-refractivity contribution in [3.8, 4) is 0 Å². The predicted molar refractivity (Wildman–Crippen MR) is 157 cm³/mol. The van der Waals surface area contributed by atoms with Crippen molar-refractivity contribution >= 4 is 11.9 Å². The molecule has 38 heavy (non-hydrogen) atoms. The van der Waals surface area contributed by atoms with Crippen LogP contribution in [0.5, 0.6) is 0 Å². The van der Waals surface area contributed by atoms with Gasteiger partial charge in [-0.15, -0.1) is 0 Å². The van der Waals surface area contributed by atoms with Gasteiger partial charge in [0.25, 0.3) is 0 Å². The molecule has 0 aromatic heterocycles. The van der Waals surface area contributed by atoms with Gasteiger partial charge in [0.2, 0.25) is 0 Å². The van der Waals surface area contributed by atoms with E-state index in [-0.39, 0.29) is 37.7 Å². The van der Waals surface area contributed by atoms with E-state index in [1.54, 1.807) is 0 Å². The van der Waals surface area contributed by atoms with Crippen molar-refractivity contribution < 1.29 is 24.2 Å². The molecular weight excluding hydrogens is 476 g/mol. The zero-order valence-electron chi connectivity index (χ0n) is 24.5. The molecule has 0 aromatic carbocycles. The summed E-state index contributed by atoms with van der Waals surface area (Å²) in [6.07, 6.45) is 32.5. The summed E-state index contributed by atoms with van der Waals surface area (Å²) in [6, 6.07) is 0. The highest BCUT2D eigenvalue weighted by atomic mass is 16.5. The number of carbonyl (C=O) groups excluding carboxylic acids is 2. The summed E-state index contributed by atoms with van der Waals surface area (Å²) in [7, 11) is 0. The van der Waals surface area contributed by atoms with Crippen LogP contribution in [0.4, 0.5) is 0 Å². The molecule has 1 aliphatic rings. The van der Waals surface area contributed by atoms with Gasteiger partial charge in [-0.05, 0) is 50.9 Å². The number of esters is 2. The fourth-order valence-electron chi connectivity index (χ4n) is 4.98. The van der Waals surface area contributed by atoms with Gasteiger partial charge < -0.3 is 14.6 Å². The van der Waals surface area contributed by atoms with Gasteiger partial charge in [0, 0.05) is 12.8 Å². The Morgan fingerprint density at radius 3 is 1.89 bits per heavy atom. The molecule has 1 unspecified atom stereocenters. The molecular formula is C33H58O5. The summed E-state index contributed by atoms with van der Waals surface area (Å²) in [6.45, 7) is 2.28. The maximum absolute atomic E-state index is 12.0. The molecule has 0 aromatic rings. The second kappa shape index (κ2) is 25.6. The SMILES string of the molecule is CCCCC/C=C\C/C=C\CCCCCCCC(=O)OCC(CO)COC(=O)CCCCC1CCCCC1. The first-order valence-electron chi connectivity index (χ1n) is 15.9. The first kappa shape index (κ1) is 34.4. The minimum Gasteiger partial charge on any atom is -0.465 e. The van der Waals surface area contributed by atoms with Crippen molar-refractivity contribution in [1.29, 1.82) is 0 Å².